The van der Waals surface area contributed by atoms with Crippen LogP contribution in [0.2, 0.25) is 0 Å². The third-order valence-corrected chi connectivity index (χ3v) is 2.90. The summed E-state index contributed by atoms with van der Waals surface area (Å²) in [6, 6.07) is 0.0857. The first kappa shape index (κ1) is 12.5. The fourth-order valence-corrected chi connectivity index (χ4v) is 1.88. The molecule has 2 unspecified atom stereocenters. The van der Waals surface area contributed by atoms with E-state index in [1.807, 2.05) is 13.8 Å². The van der Waals surface area contributed by atoms with Crippen molar-refractivity contribution in [2.75, 3.05) is 33.3 Å². The predicted molar refractivity (Wildman–Crippen MR) is 62.6 cm³/mol. The van der Waals surface area contributed by atoms with Gasteiger partial charge < -0.3 is 19.5 Å². The molecule has 1 N–H and O–H groups in total. The lowest BCUT2D eigenvalue weighted by Gasteiger charge is -2.27. The Hall–Kier alpha value is -0.980. The van der Waals surface area contributed by atoms with E-state index in [4.69, 9.17) is 9.26 Å². The van der Waals surface area contributed by atoms with Crippen LogP contribution in [0.25, 0.3) is 0 Å². The monoisotopic (exact) mass is 240 g/mol. The minimum Gasteiger partial charge on any atom is -0.367 e. The quantitative estimate of drug-likeness (QED) is 0.837. The van der Waals surface area contributed by atoms with E-state index in [0.717, 1.165) is 19.6 Å². The lowest BCUT2D eigenvalue weighted by atomic mass is 10.2. The minimum atomic E-state index is -0.0694. The first-order valence-electron chi connectivity index (χ1n) is 6.07. The number of rotatable bonds is 4. The minimum absolute atomic E-state index is 0.0694. The van der Waals surface area contributed by atoms with E-state index in [-0.39, 0.29) is 12.1 Å². The van der Waals surface area contributed by atoms with Crippen molar-refractivity contribution in [3.05, 3.63) is 11.7 Å². The highest BCUT2D eigenvalue weighted by molar-refractivity contribution is 4.96. The number of hydrogen-bond acceptors (Lipinski definition) is 6. The van der Waals surface area contributed by atoms with Gasteiger partial charge in [0.2, 0.25) is 11.7 Å². The van der Waals surface area contributed by atoms with Gasteiger partial charge in [-0.25, -0.2) is 0 Å². The number of aromatic nitrogens is 2. The summed E-state index contributed by atoms with van der Waals surface area (Å²) in [6.07, 6.45) is -0.0694. The molecule has 6 nitrogen and oxygen atoms in total. The number of nitrogens with one attached hydrogen (secondary N) is 1. The van der Waals surface area contributed by atoms with Crippen LogP contribution in [0.5, 0.6) is 0 Å². The zero-order valence-corrected chi connectivity index (χ0v) is 10.6. The fourth-order valence-electron chi connectivity index (χ4n) is 1.88. The predicted octanol–water partition coefficient (Wildman–Crippen LogP) is 0.743. The summed E-state index contributed by atoms with van der Waals surface area (Å²) in [6.45, 7) is 7.42. The molecule has 1 aromatic heterocycles. The van der Waals surface area contributed by atoms with Crippen molar-refractivity contribution in [2.45, 2.75) is 26.0 Å². The zero-order chi connectivity index (χ0) is 12.3. The Morgan fingerprint density at radius 3 is 3.12 bits per heavy atom. The topological polar surface area (TPSA) is 63.4 Å². The number of morpholine rings is 1. The van der Waals surface area contributed by atoms with Crippen molar-refractivity contribution in [3.8, 4) is 0 Å². The highest BCUT2D eigenvalue weighted by Crippen LogP contribution is 2.20. The van der Waals surface area contributed by atoms with E-state index in [2.05, 4.69) is 27.4 Å². The Morgan fingerprint density at radius 1 is 1.59 bits per heavy atom. The SMILES string of the molecule is CCNC(C)c1nc(C2CN(C)CCO2)no1. The summed E-state index contributed by atoms with van der Waals surface area (Å²) >= 11 is 0. The number of nitrogens with zero attached hydrogens (tertiary/aromatic N) is 3. The molecule has 96 valence electrons. The first-order valence-corrected chi connectivity index (χ1v) is 6.07. The lowest BCUT2D eigenvalue weighted by molar-refractivity contribution is -0.0264. The largest absolute Gasteiger partial charge is 0.367 e. The standard InChI is InChI=1S/C11H20N4O2/c1-4-12-8(2)11-13-10(14-17-11)9-7-15(3)5-6-16-9/h8-9,12H,4-7H2,1-3H3. The molecular formula is C11H20N4O2. The van der Waals surface area contributed by atoms with Crippen LogP contribution in [0, 0.1) is 0 Å². The molecule has 1 saturated heterocycles. The molecule has 0 amide bonds. The average molecular weight is 240 g/mol. The van der Waals surface area contributed by atoms with Crippen molar-refractivity contribution in [1.82, 2.24) is 20.4 Å². The van der Waals surface area contributed by atoms with E-state index in [9.17, 15) is 0 Å². The summed E-state index contributed by atoms with van der Waals surface area (Å²) in [7, 11) is 2.07. The van der Waals surface area contributed by atoms with Crippen molar-refractivity contribution >= 4 is 0 Å². The molecule has 2 heterocycles. The van der Waals surface area contributed by atoms with E-state index in [1.54, 1.807) is 0 Å². The van der Waals surface area contributed by atoms with Gasteiger partial charge in [0.1, 0.15) is 6.10 Å². The summed E-state index contributed by atoms with van der Waals surface area (Å²) in [4.78, 5) is 6.60. The molecule has 2 atom stereocenters. The lowest BCUT2D eigenvalue weighted by Crippen LogP contribution is -2.35. The van der Waals surface area contributed by atoms with Crippen LogP contribution in [-0.2, 0) is 4.74 Å². The van der Waals surface area contributed by atoms with E-state index in [0.29, 0.717) is 18.3 Å². The van der Waals surface area contributed by atoms with Crippen molar-refractivity contribution in [1.29, 1.82) is 0 Å². The van der Waals surface area contributed by atoms with Gasteiger partial charge in [0, 0.05) is 13.1 Å². The van der Waals surface area contributed by atoms with Gasteiger partial charge in [-0.2, -0.15) is 4.98 Å². The molecule has 0 aromatic carbocycles. The maximum absolute atomic E-state index is 5.64. The Labute approximate surface area is 101 Å². The van der Waals surface area contributed by atoms with Crippen LogP contribution in [-0.4, -0.2) is 48.3 Å². The van der Waals surface area contributed by atoms with Gasteiger partial charge in [-0.05, 0) is 20.5 Å². The summed E-state index contributed by atoms with van der Waals surface area (Å²) in [5, 5.41) is 7.24. The van der Waals surface area contributed by atoms with Crippen molar-refractivity contribution < 1.29 is 9.26 Å². The summed E-state index contributed by atoms with van der Waals surface area (Å²) < 4.78 is 10.9. The van der Waals surface area contributed by atoms with Crippen LogP contribution in [0.15, 0.2) is 4.52 Å². The molecule has 0 saturated carbocycles. The Balaban J connectivity index is 2.02. The van der Waals surface area contributed by atoms with Crippen molar-refractivity contribution in [3.63, 3.8) is 0 Å². The van der Waals surface area contributed by atoms with Gasteiger partial charge in [-0.3, -0.25) is 0 Å². The maximum Gasteiger partial charge on any atom is 0.243 e. The van der Waals surface area contributed by atoms with Gasteiger partial charge in [0.15, 0.2) is 0 Å². The molecule has 0 radical (unpaired) electrons. The van der Waals surface area contributed by atoms with E-state index in [1.165, 1.54) is 0 Å². The Morgan fingerprint density at radius 2 is 2.41 bits per heavy atom. The molecule has 6 heteroatoms. The molecule has 1 fully saturated rings. The first-order chi connectivity index (χ1) is 8.20. The molecule has 0 aliphatic carbocycles. The zero-order valence-electron chi connectivity index (χ0n) is 10.6. The average Bonchev–Trinajstić information content (AvgIpc) is 2.78. The van der Waals surface area contributed by atoms with Crippen LogP contribution in [0.4, 0.5) is 0 Å². The van der Waals surface area contributed by atoms with E-state index < -0.39 is 0 Å². The third-order valence-electron chi connectivity index (χ3n) is 2.90. The van der Waals surface area contributed by atoms with Crippen LogP contribution in [0.3, 0.4) is 0 Å². The number of ether oxygens (including phenoxy) is 1. The van der Waals surface area contributed by atoms with Crippen LogP contribution in [0.1, 0.15) is 37.7 Å². The second-order valence-corrected chi connectivity index (χ2v) is 4.39. The van der Waals surface area contributed by atoms with Gasteiger partial charge in [0.05, 0.1) is 12.6 Å². The molecule has 1 aliphatic rings. The third kappa shape index (κ3) is 3.02. The molecule has 1 aliphatic heterocycles. The van der Waals surface area contributed by atoms with Gasteiger partial charge >= 0.3 is 0 Å². The van der Waals surface area contributed by atoms with Gasteiger partial charge in [-0.15, -0.1) is 0 Å². The Bertz CT molecular complexity index is 355. The van der Waals surface area contributed by atoms with Gasteiger partial charge in [0.25, 0.3) is 0 Å². The maximum atomic E-state index is 5.64. The number of likely N-dealkylation sites (N-methyl/N-ethyl adjacent to an activating group) is 1. The Kier molecular flexibility index (Phi) is 4.09. The van der Waals surface area contributed by atoms with Crippen molar-refractivity contribution in [2.24, 2.45) is 0 Å². The summed E-state index contributed by atoms with van der Waals surface area (Å²) in [5.74, 6) is 1.27. The van der Waals surface area contributed by atoms with Crippen LogP contribution < -0.4 is 5.32 Å². The second-order valence-electron chi connectivity index (χ2n) is 4.39. The molecule has 17 heavy (non-hydrogen) atoms. The smallest absolute Gasteiger partial charge is 0.243 e. The number of hydrogen-bond donors (Lipinski definition) is 1. The normalized spacial score (nSPS) is 23.8. The molecular weight excluding hydrogens is 220 g/mol. The van der Waals surface area contributed by atoms with Gasteiger partial charge in [-0.1, -0.05) is 12.1 Å². The molecule has 1 aromatic rings. The van der Waals surface area contributed by atoms with E-state index >= 15 is 0 Å². The molecule has 0 bridgehead atoms. The molecule has 0 spiro atoms. The molecule has 2 rings (SSSR count). The summed E-state index contributed by atoms with van der Waals surface area (Å²) in [5.41, 5.74) is 0. The highest BCUT2D eigenvalue weighted by atomic mass is 16.5. The highest BCUT2D eigenvalue weighted by Gasteiger charge is 2.25. The fraction of sp³-hybridized carbons (Fsp3) is 0.818. The van der Waals surface area contributed by atoms with Crippen LogP contribution >= 0.6 is 0 Å². The second kappa shape index (κ2) is 5.57.